The third-order valence-electron chi connectivity index (χ3n) is 6.70. The van der Waals surface area contributed by atoms with E-state index in [1.807, 2.05) is 0 Å². The molecule has 0 heterocycles. The quantitative estimate of drug-likeness (QED) is 0.538. The number of aliphatic hydroxyl groups is 1. The fourth-order valence-corrected chi connectivity index (χ4v) is 7.56. The van der Waals surface area contributed by atoms with E-state index < -0.39 is 25.8 Å². The number of fused-ring (bicyclic) bond motifs is 1. The summed E-state index contributed by atoms with van der Waals surface area (Å²) in [6, 6.07) is 3.05. The fourth-order valence-electron chi connectivity index (χ4n) is 4.71. The van der Waals surface area contributed by atoms with Crippen LogP contribution in [0.2, 0.25) is 18.1 Å². The molecule has 0 spiro atoms. The van der Waals surface area contributed by atoms with Crippen LogP contribution in [0.3, 0.4) is 0 Å². The number of ketones is 1. The van der Waals surface area contributed by atoms with E-state index in [-0.39, 0.29) is 24.5 Å². The lowest BCUT2D eigenvalue weighted by Gasteiger charge is -2.50. The van der Waals surface area contributed by atoms with Crippen molar-refractivity contribution in [3.63, 3.8) is 0 Å². The molecule has 0 aliphatic heterocycles. The summed E-state index contributed by atoms with van der Waals surface area (Å²) in [5.41, 5.74) is -0.195. The summed E-state index contributed by atoms with van der Waals surface area (Å²) in [4.78, 5) is 25.4. The monoisotopic (exact) mass is 382 g/mol. The van der Waals surface area contributed by atoms with Crippen LogP contribution in [0.5, 0.6) is 0 Å². The van der Waals surface area contributed by atoms with Crippen molar-refractivity contribution in [3.05, 3.63) is 11.6 Å². The lowest BCUT2D eigenvalue weighted by atomic mass is 9.58. The Morgan fingerprint density at radius 3 is 2.42 bits per heavy atom. The molecule has 2 aliphatic rings. The van der Waals surface area contributed by atoms with E-state index in [1.54, 1.807) is 13.8 Å². The van der Waals surface area contributed by atoms with E-state index in [1.165, 1.54) is 6.08 Å². The summed E-state index contributed by atoms with van der Waals surface area (Å²) in [6.07, 6.45) is 2.35. The van der Waals surface area contributed by atoms with E-state index in [2.05, 4.69) is 20.8 Å². The third-order valence-corrected chi connectivity index (χ3v) is 11.4. The Hall–Kier alpha value is -0.983. The molecule has 0 aromatic heterocycles. The highest BCUT2D eigenvalue weighted by molar-refractivity contribution is 6.73. The van der Waals surface area contributed by atoms with Crippen molar-refractivity contribution in [1.82, 2.24) is 0 Å². The summed E-state index contributed by atoms with van der Waals surface area (Å²) < 4.78 is 12.1. The number of hydrogen-bond donors (Lipinski definition) is 1. The molecule has 5 nitrogen and oxygen atoms in total. The third kappa shape index (κ3) is 3.43. The molecule has 0 amide bonds. The molecule has 148 valence electrons. The van der Waals surface area contributed by atoms with Crippen molar-refractivity contribution < 1.29 is 23.9 Å². The zero-order valence-corrected chi connectivity index (χ0v) is 17.8. The summed E-state index contributed by atoms with van der Waals surface area (Å²) in [5.74, 6) is -1.14. The predicted octanol–water partition coefficient (Wildman–Crippen LogP) is 3.62. The van der Waals surface area contributed by atoms with Crippen molar-refractivity contribution in [3.8, 4) is 0 Å². The number of ether oxygens (including phenoxy) is 1. The second-order valence-electron chi connectivity index (χ2n) is 7.67. The fraction of sp³-hybridized carbons (Fsp3) is 0.800. The molecular weight excluding hydrogens is 348 g/mol. The van der Waals surface area contributed by atoms with E-state index >= 15 is 0 Å². The first-order valence-electron chi connectivity index (χ1n) is 10.1. The molecular formula is C20H34O5Si. The van der Waals surface area contributed by atoms with E-state index in [9.17, 15) is 14.7 Å². The van der Waals surface area contributed by atoms with Crippen molar-refractivity contribution in [2.45, 2.75) is 84.2 Å². The van der Waals surface area contributed by atoms with Crippen molar-refractivity contribution in [2.24, 2.45) is 11.3 Å². The molecule has 0 aromatic rings. The van der Waals surface area contributed by atoms with Gasteiger partial charge in [-0.3, -0.25) is 9.59 Å². The highest BCUT2D eigenvalue weighted by Crippen LogP contribution is 2.52. The zero-order chi connectivity index (χ0) is 19.5. The summed E-state index contributed by atoms with van der Waals surface area (Å²) in [6.45, 7) is 10.4. The molecule has 4 atom stereocenters. The maximum Gasteiger partial charge on any atom is 0.316 e. The normalized spacial score (nSPS) is 32.0. The van der Waals surface area contributed by atoms with Crippen LogP contribution in [0, 0.1) is 11.3 Å². The van der Waals surface area contributed by atoms with Crippen LogP contribution < -0.4 is 0 Å². The van der Waals surface area contributed by atoms with Crippen molar-refractivity contribution >= 4 is 20.1 Å². The van der Waals surface area contributed by atoms with Gasteiger partial charge >= 0.3 is 5.97 Å². The van der Waals surface area contributed by atoms with Gasteiger partial charge in [-0.15, -0.1) is 0 Å². The second kappa shape index (κ2) is 8.36. The van der Waals surface area contributed by atoms with Gasteiger partial charge < -0.3 is 14.3 Å². The van der Waals surface area contributed by atoms with Crippen LogP contribution in [0.15, 0.2) is 11.6 Å². The molecule has 1 fully saturated rings. The number of rotatable bonds is 7. The number of carbonyl (C=O) groups excluding carboxylic acids is 2. The van der Waals surface area contributed by atoms with Crippen LogP contribution in [0.4, 0.5) is 0 Å². The molecule has 0 saturated heterocycles. The Morgan fingerprint density at radius 1 is 1.27 bits per heavy atom. The molecule has 2 rings (SSSR count). The molecule has 1 N–H and O–H groups in total. The summed E-state index contributed by atoms with van der Waals surface area (Å²) in [7, 11) is -1.90. The standard InChI is InChI=1S/C20H34O5Si/c1-6-24-19(23)20-12-10-11-17(25-26(7-2,8-3)9-4)15(20)13-16(21)18(22)14(20)5/h13-14,17-18,22H,6-12H2,1-5H3/t14-,17?,18-,20-/m1/s1. The van der Waals surface area contributed by atoms with Crippen LogP contribution in [-0.4, -0.2) is 44.0 Å². The first-order chi connectivity index (χ1) is 12.3. The molecule has 0 radical (unpaired) electrons. The van der Waals surface area contributed by atoms with Crippen molar-refractivity contribution in [2.75, 3.05) is 6.61 Å². The lowest BCUT2D eigenvalue weighted by molar-refractivity contribution is -0.163. The number of aliphatic hydroxyl groups excluding tert-OH is 1. The highest BCUT2D eigenvalue weighted by Gasteiger charge is 2.58. The van der Waals surface area contributed by atoms with Gasteiger partial charge in [0, 0.05) is 5.92 Å². The van der Waals surface area contributed by atoms with Crippen LogP contribution in [0.25, 0.3) is 0 Å². The molecule has 0 bridgehead atoms. The van der Waals surface area contributed by atoms with E-state index in [0.29, 0.717) is 6.42 Å². The molecule has 2 aliphatic carbocycles. The van der Waals surface area contributed by atoms with Gasteiger partial charge in [0.2, 0.25) is 0 Å². The van der Waals surface area contributed by atoms with Crippen LogP contribution >= 0.6 is 0 Å². The summed E-state index contributed by atoms with van der Waals surface area (Å²) >= 11 is 0. The number of hydrogen-bond acceptors (Lipinski definition) is 5. The first kappa shape index (κ1) is 21.3. The van der Waals surface area contributed by atoms with Gasteiger partial charge in [-0.2, -0.15) is 0 Å². The minimum Gasteiger partial charge on any atom is -0.465 e. The van der Waals surface area contributed by atoms with Gasteiger partial charge in [-0.25, -0.2) is 0 Å². The Bertz CT molecular complexity index is 560. The van der Waals surface area contributed by atoms with Gasteiger partial charge in [-0.1, -0.05) is 27.7 Å². The topological polar surface area (TPSA) is 72.8 Å². The highest BCUT2D eigenvalue weighted by atomic mass is 28.4. The Morgan fingerprint density at radius 2 is 1.88 bits per heavy atom. The van der Waals surface area contributed by atoms with Gasteiger partial charge in [0.1, 0.15) is 6.10 Å². The second-order valence-corrected chi connectivity index (χ2v) is 12.4. The molecule has 0 aromatic carbocycles. The molecule has 6 heteroatoms. The predicted molar refractivity (Wildman–Crippen MR) is 103 cm³/mol. The summed E-state index contributed by atoms with van der Waals surface area (Å²) in [5, 5.41) is 10.4. The number of carbonyl (C=O) groups is 2. The Kier molecular flexibility index (Phi) is 6.85. The van der Waals surface area contributed by atoms with Gasteiger partial charge in [-0.05, 0) is 56.0 Å². The van der Waals surface area contributed by atoms with Gasteiger partial charge in [0.15, 0.2) is 14.1 Å². The molecule has 1 saturated carbocycles. The minimum absolute atomic E-state index is 0.224. The first-order valence-corrected chi connectivity index (χ1v) is 12.6. The Labute approximate surface area is 158 Å². The molecule has 26 heavy (non-hydrogen) atoms. The average Bonchev–Trinajstić information content (AvgIpc) is 2.65. The lowest BCUT2D eigenvalue weighted by Crippen LogP contribution is -2.56. The van der Waals surface area contributed by atoms with Crippen molar-refractivity contribution in [1.29, 1.82) is 0 Å². The average molecular weight is 383 g/mol. The minimum atomic E-state index is -1.90. The SMILES string of the molecule is CCOC(=O)[C@@]12CCCC(O[Si](CC)(CC)CC)C1=CC(=O)[C@H](O)[C@H]2C. The maximum atomic E-state index is 13.0. The van der Waals surface area contributed by atoms with Gasteiger partial charge in [0.05, 0.1) is 18.1 Å². The smallest absolute Gasteiger partial charge is 0.316 e. The molecule has 1 unspecified atom stereocenters. The zero-order valence-electron chi connectivity index (χ0n) is 16.8. The van der Waals surface area contributed by atoms with E-state index in [0.717, 1.165) is 36.5 Å². The maximum absolute atomic E-state index is 13.0. The van der Waals surface area contributed by atoms with Gasteiger partial charge in [0.25, 0.3) is 0 Å². The Balaban J connectivity index is 2.50. The number of esters is 1. The van der Waals surface area contributed by atoms with E-state index in [4.69, 9.17) is 9.16 Å². The largest absolute Gasteiger partial charge is 0.465 e. The van der Waals surface area contributed by atoms with Crippen LogP contribution in [0.1, 0.15) is 53.9 Å². The van der Waals surface area contributed by atoms with Crippen LogP contribution in [-0.2, 0) is 18.8 Å².